The van der Waals surface area contributed by atoms with E-state index in [2.05, 4.69) is 11.1 Å². The third-order valence-electron chi connectivity index (χ3n) is 4.70. The molecule has 0 radical (unpaired) electrons. The topological polar surface area (TPSA) is 70.3 Å². The van der Waals surface area contributed by atoms with Crippen molar-refractivity contribution in [3.05, 3.63) is 83.1 Å². The van der Waals surface area contributed by atoms with E-state index in [1.165, 1.54) is 18.7 Å². The molecule has 0 aliphatic carbocycles. The summed E-state index contributed by atoms with van der Waals surface area (Å²) in [5.74, 6) is -0.875. The lowest BCUT2D eigenvalue weighted by Gasteiger charge is -2.29. The standard InChI is InChI=1S/C23H20N2O2S/c1-15-21(16(2)26)22(18-11-7-4-8-12-18)19(13-24)23(25-15)28-14-20(27)17-9-5-3-6-10-17/h3-12,19,22H,14H2,1-2H3. The minimum absolute atomic E-state index is 0.0137. The first kappa shape index (κ1) is 19.8. The predicted octanol–water partition coefficient (Wildman–Crippen LogP) is 4.80. The lowest BCUT2D eigenvalue weighted by Crippen LogP contribution is -2.28. The van der Waals surface area contributed by atoms with Crippen LogP contribution < -0.4 is 0 Å². The highest BCUT2D eigenvalue weighted by molar-refractivity contribution is 8.14. The van der Waals surface area contributed by atoms with Crippen LogP contribution in [0.5, 0.6) is 0 Å². The smallest absolute Gasteiger partial charge is 0.173 e. The van der Waals surface area contributed by atoms with Crippen molar-refractivity contribution in [2.75, 3.05) is 5.75 Å². The fraction of sp³-hybridized carbons (Fsp3) is 0.217. The van der Waals surface area contributed by atoms with Gasteiger partial charge in [0.15, 0.2) is 11.6 Å². The molecule has 0 amide bonds. The van der Waals surface area contributed by atoms with Crippen LogP contribution in [-0.4, -0.2) is 22.4 Å². The second-order valence-electron chi connectivity index (χ2n) is 6.58. The van der Waals surface area contributed by atoms with Crippen molar-refractivity contribution in [3.8, 4) is 6.07 Å². The Morgan fingerprint density at radius 1 is 1.07 bits per heavy atom. The Kier molecular flexibility index (Phi) is 6.23. The quantitative estimate of drug-likeness (QED) is 0.690. The van der Waals surface area contributed by atoms with Crippen molar-refractivity contribution in [3.63, 3.8) is 0 Å². The third kappa shape index (κ3) is 4.13. The van der Waals surface area contributed by atoms with Crippen molar-refractivity contribution in [1.29, 1.82) is 5.26 Å². The van der Waals surface area contributed by atoms with Crippen LogP contribution in [0, 0.1) is 17.2 Å². The second-order valence-corrected chi connectivity index (χ2v) is 7.57. The molecule has 2 atom stereocenters. The van der Waals surface area contributed by atoms with Crippen LogP contribution in [0.1, 0.15) is 35.7 Å². The van der Waals surface area contributed by atoms with Crippen LogP contribution in [0.3, 0.4) is 0 Å². The monoisotopic (exact) mass is 388 g/mol. The lowest BCUT2D eigenvalue weighted by molar-refractivity contribution is -0.114. The Bertz CT molecular complexity index is 988. The Labute approximate surface area is 169 Å². The van der Waals surface area contributed by atoms with Gasteiger partial charge in [-0.05, 0) is 19.4 Å². The maximum Gasteiger partial charge on any atom is 0.173 e. The number of benzene rings is 2. The fourth-order valence-electron chi connectivity index (χ4n) is 3.42. The van der Waals surface area contributed by atoms with E-state index in [1.807, 2.05) is 48.5 Å². The van der Waals surface area contributed by atoms with Gasteiger partial charge >= 0.3 is 0 Å². The molecule has 1 heterocycles. The number of nitriles is 1. The summed E-state index contributed by atoms with van der Waals surface area (Å²) in [5.41, 5.74) is 2.72. The van der Waals surface area contributed by atoms with Crippen LogP contribution >= 0.6 is 11.8 Å². The average Bonchev–Trinajstić information content (AvgIpc) is 2.72. The van der Waals surface area contributed by atoms with Crippen molar-refractivity contribution < 1.29 is 9.59 Å². The van der Waals surface area contributed by atoms with E-state index in [-0.39, 0.29) is 23.2 Å². The molecule has 0 saturated carbocycles. The fourth-order valence-corrected chi connectivity index (χ4v) is 4.44. The Morgan fingerprint density at radius 3 is 2.25 bits per heavy atom. The molecule has 2 unspecified atom stereocenters. The number of hydrogen-bond acceptors (Lipinski definition) is 5. The van der Waals surface area contributed by atoms with Crippen molar-refractivity contribution in [2.45, 2.75) is 19.8 Å². The number of Topliss-reactive ketones (excluding diaryl/α,β-unsaturated/α-hetero) is 2. The Hall–Kier alpha value is -2.97. The molecule has 5 heteroatoms. The van der Waals surface area contributed by atoms with Gasteiger partial charge in [-0.15, -0.1) is 11.8 Å². The van der Waals surface area contributed by atoms with E-state index < -0.39 is 5.92 Å². The molecule has 2 aromatic rings. The number of carbonyl (C=O) groups excluding carboxylic acids is 2. The SMILES string of the molecule is CC(=O)C1=C(C)N=C(SCC(=O)c2ccccc2)C(C#N)C1c1ccccc1. The van der Waals surface area contributed by atoms with Gasteiger partial charge < -0.3 is 0 Å². The zero-order valence-corrected chi connectivity index (χ0v) is 16.6. The molecule has 0 saturated heterocycles. The van der Waals surface area contributed by atoms with E-state index in [9.17, 15) is 14.9 Å². The first-order valence-electron chi connectivity index (χ1n) is 8.98. The third-order valence-corrected chi connectivity index (χ3v) is 5.75. The van der Waals surface area contributed by atoms with Crippen LogP contribution in [0.2, 0.25) is 0 Å². The average molecular weight is 388 g/mol. The number of carbonyl (C=O) groups is 2. The molecule has 0 spiro atoms. The van der Waals surface area contributed by atoms with Gasteiger partial charge in [-0.2, -0.15) is 5.26 Å². The molecule has 1 aliphatic heterocycles. The van der Waals surface area contributed by atoms with Gasteiger partial charge in [0.05, 0.1) is 16.9 Å². The molecule has 140 valence electrons. The van der Waals surface area contributed by atoms with E-state index in [0.29, 0.717) is 21.9 Å². The number of hydrogen-bond donors (Lipinski definition) is 0. The van der Waals surface area contributed by atoms with Gasteiger partial charge in [-0.3, -0.25) is 9.59 Å². The molecule has 1 aliphatic rings. The predicted molar refractivity (Wildman–Crippen MR) is 112 cm³/mol. The number of rotatable bonds is 5. The molecular formula is C23H20N2O2S. The van der Waals surface area contributed by atoms with Crippen molar-refractivity contribution in [2.24, 2.45) is 10.9 Å². The number of allylic oxidation sites excluding steroid dienone is 2. The zero-order chi connectivity index (χ0) is 20.1. The summed E-state index contributed by atoms with van der Waals surface area (Å²) < 4.78 is 0. The maximum atomic E-state index is 12.5. The first-order valence-corrected chi connectivity index (χ1v) is 9.97. The summed E-state index contributed by atoms with van der Waals surface area (Å²) in [6, 6.07) is 20.9. The number of aliphatic imine (C=N–C) groups is 1. The highest BCUT2D eigenvalue weighted by Gasteiger charge is 2.37. The summed E-state index contributed by atoms with van der Waals surface area (Å²) in [6.45, 7) is 3.30. The summed E-state index contributed by atoms with van der Waals surface area (Å²) in [7, 11) is 0. The summed E-state index contributed by atoms with van der Waals surface area (Å²) in [4.78, 5) is 29.3. The molecule has 3 rings (SSSR count). The van der Waals surface area contributed by atoms with Crippen LogP contribution in [0.4, 0.5) is 0 Å². The van der Waals surface area contributed by atoms with Crippen molar-refractivity contribution >= 4 is 28.4 Å². The van der Waals surface area contributed by atoms with Crippen LogP contribution in [0.15, 0.2) is 76.9 Å². The van der Waals surface area contributed by atoms with E-state index in [1.54, 1.807) is 19.1 Å². The molecule has 28 heavy (non-hydrogen) atoms. The molecule has 0 fully saturated rings. The lowest BCUT2D eigenvalue weighted by atomic mass is 9.78. The van der Waals surface area contributed by atoms with Gasteiger partial charge in [-0.1, -0.05) is 60.7 Å². The van der Waals surface area contributed by atoms with Gasteiger partial charge in [0.25, 0.3) is 0 Å². The van der Waals surface area contributed by atoms with E-state index >= 15 is 0 Å². The normalized spacial score (nSPS) is 19.0. The minimum Gasteiger partial charge on any atom is -0.295 e. The molecule has 4 nitrogen and oxygen atoms in total. The minimum atomic E-state index is -0.599. The summed E-state index contributed by atoms with van der Waals surface area (Å²) >= 11 is 1.28. The summed E-state index contributed by atoms with van der Waals surface area (Å²) in [5, 5.41) is 10.5. The van der Waals surface area contributed by atoms with E-state index in [4.69, 9.17) is 0 Å². The second kappa shape index (κ2) is 8.81. The van der Waals surface area contributed by atoms with Crippen LogP contribution in [-0.2, 0) is 4.79 Å². The van der Waals surface area contributed by atoms with Gasteiger partial charge in [0.1, 0.15) is 5.92 Å². The maximum absolute atomic E-state index is 12.5. The molecule has 0 aromatic heterocycles. The van der Waals surface area contributed by atoms with Crippen LogP contribution in [0.25, 0.3) is 0 Å². The Morgan fingerprint density at radius 2 is 1.68 bits per heavy atom. The highest BCUT2D eigenvalue weighted by atomic mass is 32.2. The Balaban J connectivity index is 1.92. The largest absolute Gasteiger partial charge is 0.295 e. The summed E-state index contributed by atoms with van der Waals surface area (Å²) in [6.07, 6.45) is 0. The molecule has 0 bridgehead atoms. The number of ketones is 2. The number of thioether (sulfide) groups is 1. The van der Waals surface area contributed by atoms with E-state index in [0.717, 1.165) is 5.56 Å². The van der Waals surface area contributed by atoms with Gasteiger partial charge in [-0.25, -0.2) is 4.99 Å². The van der Waals surface area contributed by atoms with Gasteiger partial charge in [0.2, 0.25) is 0 Å². The molecule has 0 N–H and O–H groups in total. The highest BCUT2D eigenvalue weighted by Crippen LogP contribution is 2.41. The molecular weight excluding hydrogens is 368 g/mol. The zero-order valence-electron chi connectivity index (χ0n) is 15.8. The number of nitrogens with zero attached hydrogens (tertiary/aromatic N) is 2. The van der Waals surface area contributed by atoms with Crippen molar-refractivity contribution in [1.82, 2.24) is 0 Å². The first-order chi connectivity index (χ1) is 13.5. The van der Waals surface area contributed by atoms with Gasteiger partial charge in [0, 0.05) is 22.8 Å². The molecule has 2 aromatic carbocycles.